The zero-order valence-corrected chi connectivity index (χ0v) is 21.3. The summed E-state index contributed by atoms with van der Waals surface area (Å²) in [5.74, 6) is 0. The van der Waals surface area contributed by atoms with Crippen molar-refractivity contribution in [2.45, 2.75) is 47.1 Å². The monoisotopic (exact) mass is 462 g/mol. The van der Waals surface area contributed by atoms with Crippen LogP contribution < -0.4 is 0 Å². The van der Waals surface area contributed by atoms with Crippen molar-refractivity contribution >= 4 is 62.9 Å². The van der Waals surface area contributed by atoms with Gasteiger partial charge in [0.15, 0.2) is 25.0 Å². The molecule has 0 bridgehead atoms. The Kier molecular flexibility index (Phi) is 6.92. The molecule has 4 radical (unpaired) electrons. The molecule has 1 rings (SSSR count). The first-order valence-electron chi connectivity index (χ1n) is 7.38. The lowest BCUT2D eigenvalue weighted by molar-refractivity contribution is 0.452. The lowest BCUT2D eigenvalue weighted by Gasteiger charge is -2.57. The number of hydrogen-bond acceptors (Lipinski definition) is 8. The van der Waals surface area contributed by atoms with Gasteiger partial charge in [0.25, 0.3) is 10.1 Å². The maximum absolute atomic E-state index is 11.9. The maximum atomic E-state index is 11.9. The highest BCUT2D eigenvalue weighted by atomic mass is 32.2. The van der Waals surface area contributed by atoms with Crippen LogP contribution in [0.3, 0.4) is 0 Å². The van der Waals surface area contributed by atoms with Crippen LogP contribution in [0.15, 0.2) is 0 Å². The predicted molar refractivity (Wildman–Crippen MR) is 102 cm³/mol. The summed E-state index contributed by atoms with van der Waals surface area (Å²) >= 11 is 0. The summed E-state index contributed by atoms with van der Waals surface area (Å²) in [4.78, 5) is 51.1. The van der Waals surface area contributed by atoms with Crippen molar-refractivity contribution in [2.24, 2.45) is 0 Å². The molecule has 0 aromatic carbocycles. The summed E-state index contributed by atoms with van der Waals surface area (Å²) in [6, 6.07) is 0. The molecule has 1 fully saturated rings. The van der Waals surface area contributed by atoms with Gasteiger partial charge in [0.1, 0.15) is 0 Å². The molecule has 8 nitrogen and oxygen atoms in total. The van der Waals surface area contributed by atoms with Crippen LogP contribution in [0.25, 0.3) is 0 Å². The highest BCUT2D eigenvalue weighted by Crippen LogP contribution is 2.54. The molecule has 1 aliphatic rings. The van der Waals surface area contributed by atoms with E-state index in [1.807, 2.05) is 0 Å². The van der Waals surface area contributed by atoms with Crippen LogP contribution in [0, 0.1) is 0 Å². The third-order valence-corrected chi connectivity index (χ3v) is 40.7. The second kappa shape index (κ2) is 7.20. The van der Waals surface area contributed by atoms with Crippen LogP contribution >= 0.6 is 0 Å². The molecule has 0 spiro atoms. The van der Waals surface area contributed by atoms with Crippen molar-refractivity contribution in [1.82, 2.24) is 0 Å². The Labute approximate surface area is 152 Å². The van der Waals surface area contributed by atoms with Gasteiger partial charge in [0.2, 0.25) is 27.8 Å². The summed E-state index contributed by atoms with van der Waals surface area (Å²) in [6.45, 7) is 6.48. The highest BCUT2D eigenvalue weighted by Gasteiger charge is 2.72. The lowest BCUT2D eigenvalue weighted by atomic mass is 11.7. The van der Waals surface area contributed by atoms with E-state index in [-0.39, 0.29) is 11.3 Å². The molecule has 0 saturated carbocycles. The minimum Gasteiger partial charge on any atom is -0.432 e. The Bertz CT molecular complexity index is 567. The molecule has 5 N–H and O–H groups in total. The quantitative estimate of drug-likeness (QED) is 0.293. The van der Waals surface area contributed by atoms with Crippen molar-refractivity contribution in [2.75, 3.05) is 6.26 Å². The Hall–Kier alpha value is 1.01. The van der Waals surface area contributed by atoms with E-state index in [9.17, 15) is 32.4 Å². The van der Waals surface area contributed by atoms with Gasteiger partial charge in [0, 0.05) is 9.58 Å². The zero-order valence-electron chi connectivity index (χ0n) is 14.4. The molecule has 1 aliphatic heterocycles. The van der Waals surface area contributed by atoms with Crippen molar-refractivity contribution in [1.29, 1.82) is 0 Å². The average Bonchev–Trinajstić information content (AvgIpc) is 2.20. The molecule has 1 heterocycles. The number of rotatable bonds is 6. The largest absolute Gasteiger partial charge is 0.432 e. The third kappa shape index (κ3) is 4.64. The molecule has 1 saturated heterocycles. The van der Waals surface area contributed by atoms with E-state index in [1.165, 1.54) is 0 Å². The third-order valence-electron chi connectivity index (χ3n) is 4.52. The van der Waals surface area contributed by atoms with E-state index in [0.29, 0.717) is 0 Å². The second-order valence-corrected chi connectivity index (χ2v) is 30.6. The average molecular weight is 463 g/mol. The first-order valence-corrected chi connectivity index (χ1v) is 22.1. The molecule has 5 unspecified atom stereocenters. The van der Waals surface area contributed by atoms with Gasteiger partial charge in [-0.3, -0.25) is 0 Å². The van der Waals surface area contributed by atoms with Crippen LogP contribution in [0.5, 0.6) is 0 Å². The summed E-state index contributed by atoms with van der Waals surface area (Å²) < 4.78 is 29.3. The van der Waals surface area contributed by atoms with Gasteiger partial charge in [0.05, 0.1) is 6.26 Å². The standard InChI is InChI=1S/C9H26O8SSi6/c1-18(10,11)17-23(5)8(20-13)24(16,6-19-12)7-22(4,15)9(23)21(2,3)14/h8-9,12-16H,6-7H2,1-5H3. The van der Waals surface area contributed by atoms with E-state index in [4.69, 9.17) is 3.87 Å². The fourth-order valence-electron chi connectivity index (χ4n) is 4.58. The first-order chi connectivity index (χ1) is 10.5. The topological polar surface area (TPSA) is 145 Å². The van der Waals surface area contributed by atoms with Crippen molar-refractivity contribution in [3.05, 3.63) is 0 Å². The van der Waals surface area contributed by atoms with Crippen molar-refractivity contribution < 1.29 is 36.3 Å². The minimum atomic E-state index is -3.91. The molecule has 0 aliphatic carbocycles. The van der Waals surface area contributed by atoms with E-state index >= 15 is 0 Å². The van der Waals surface area contributed by atoms with Gasteiger partial charge in [-0.05, 0) is 37.5 Å². The maximum Gasteiger partial charge on any atom is 0.254 e. The van der Waals surface area contributed by atoms with Crippen molar-refractivity contribution in [3.8, 4) is 0 Å². The molecule has 0 amide bonds. The first kappa shape index (κ1) is 23.1. The molecule has 0 aromatic heterocycles. The van der Waals surface area contributed by atoms with Gasteiger partial charge in [-0.1, -0.05) is 0 Å². The van der Waals surface area contributed by atoms with Crippen LogP contribution in [-0.2, 0) is 14.0 Å². The summed E-state index contributed by atoms with van der Waals surface area (Å²) in [5, 5.41) is 0. The Morgan fingerprint density at radius 1 is 1.25 bits per heavy atom. The Balaban J connectivity index is 3.66. The molecular formula is C9H26O8SSi6. The SMILES string of the molecule is C[Si](C)(O)C1[Si](C)(O)C[Si](O)(C[Si]O)C([Si]O)[Si]1(C)OS(C)(=O)=O. The van der Waals surface area contributed by atoms with Gasteiger partial charge >= 0.3 is 0 Å². The Morgan fingerprint density at radius 3 is 2.08 bits per heavy atom. The molecule has 24 heavy (non-hydrogen) atoms. The summed E-state index contributed by atoms with van der Waals surface area (Å²) in [6.07, 6.45) is 0.908. The van der Waals surface area contributed by atoms with Crippen LogP contribution in [-0.4, -0.2) is 91.4 Å². The molecule has 140 valence electrons. The van der Waals surface area contributed by atoms with Gasteiger partial charge in [-0.25, -0.2) is 8.42 Å². The van der Waals surface area contributed by atoms with Gasteiger partial charge in [-0.15, -0.1) is 0 Å². The molecule has 5 atom stereocenters. The predicted octanol–water partition coefficient (Wildman–Crippen LogP) is -1.71. The molecule has 0 aromatic rings. The lowest BCUT2D eigenvalue weighted by Crippen LogP contribution is -2.76. The van der Waals surface area contributed by atoms with Crippen LogP contribution in [0.1, 0.15) is 0 Å². The van der Waals surface area contributed by atoms with Gasteiger partial charge < -0.3 is 27.9 Å². The zero-order chi connectivity index (χ0) is 19.2. The summed E-state index contributed by atoms with van der Waals surface area (Å²) in [5.41, 5.74) is 0.174. The van der Waals surface area contributed by atoms with E-state index in [1.54, 1.807) is 26.2 Å². The van der Waals surface area contributed by atoms with E-state index < -0.39 is 72.5 Å². The normalized spacial score (nSPS) is 41.4. The fraction of sp³-hybridized carbons (Fsp3) is 1.00. The Morgan fingerprint density at radius 2 is 1.75 bits per heavy atom. The van der Waals surface area contributed by atoms with Crippen molar-refractivity contribution in [3.63, 3.8) is 0 Å². The van der Waals surface area contributed by atoms with E-state index in [0.717, 1.165) is 6.26 Å². The van der Waals surface area contributed by atoms with Crippen LogP contribution in [0.2, 0.25) is 47.1 Å². The minimum absolute atomic E-state index is 0.0736. The van der Waals surface area contributed by atoms with E-state index in [2.05, 4.69) is 0 Å². The second-order valence-electron chi connectivity index (χ2n) is 7.59. The van der Waals surface area contributed by atoms with Gasteiger partial charge in [-0.2, -0.15) is 0 Å². The summed E-state index contributed by atoms with van der Waals surface area (Å²) in [7, 11) is -18.3. The fourth-order valence-corrected chi connectivity index (χ4v) is 52.6. The molecular weight excluding hydrogens is 437 g/mol. The van der Waals surface area contributed by atoms with Crippen LogP contribution in [0.4, 0.5) is 0 Å². The number of hydrogen-bond donors (Lipinski definition) is 5. The smallest absolute Gasteiger partial charge is 0.254 e. The molecule has 15 heteroatoms. The highest BCUT2D eigenvalue weighted by molar-refractivity contribution is 7.87.